The zero-order valence-corrected chi connectivity index (χ0v) is 10.9. The zero-order valence-electron chi connectivity index (χ0n) is 10.9. The van der Waals surface area contributed by atoms with Gasteiger partial charge in [-0.3, -0.25) is 4.79 Å². The highest BCUT2D eigenvalue weighted by Crippen LogP contribution is 2.34. The van der Waals surface area contributed by atoms with Gasteiger partial charge in [-0.05, 0) is 25.0 Å². The van der Waals surface area contributed by atoms with Gasteiger partial charge >= 0.3 is 6.03 Å². The molecule has 2 saturated heterocycles. The minimum absolute atomic E-state index is 0.0386. The third-order valence-corrected chi connectivity index (χ3v) is 4.30. The molecule has 6 nitrogen and oxygen atoms in total. The van der Waals surface area contributed by atoms with E-state index in [1.165, 1.54) is 4.68 Å². The molecule has 2 aliphatic heterocycles. The number of fused-ring (bicyclic) bond motifs is 3. The van der Waals surface area contributed by atoms with Crippen LogP contribution in [-0.2, 0) is 4.79 Å². The van der Waals surface area contributed by atoms with Crippen molar-refractivity contribution in [3.8, 4) is 0 Å². The molecule has 0 radical (unpaired) electrons. The van der Waals surface area contributed by atoms with Crippen molar-refractivity contribution in [2.75, 3.05) is 0 Å². The van der Waals surface area contributed by atoms with Gasteiger partial charge in [-0.1, -0.05) is 17.3 Å². The van der Waals surface area contributed by atoms with E-state index in [-0.39, 0.29) is 23.9 Å². The first-order chi connectivity index (χ1) is 9.74. The van der Waals surface area contributed by atoms with Crippen molar-refractivity contribution < 1.29 is 9.59 Å². The number of carbonyl (C=O) groups excluding carboxylic acids is 2. The molecule has 102 valence electrons. The molecule has 2 atom stereocenters. The third kappa shape index (κ3) is 1.57. The maximum absolute atomic E-state index is 12.7. The molecule has 2 fully saturated rings. The van der Waals surface area contributed by atoms with E-state index in [0.29, 0.717) is 23.9 Å². The van der Waals surface area contributed by atoms with Gasteiger partial charge in [0.15, 0.2) is 0 Å². The molecule has 2 unspecified atom stereocenters. The Bertz CT molecular complexity index is 692. The monoisotopic (exact) mass is 270 g/mol. The molecule has 3 heterocycles. The number of benzene rings is 1. The standard InChI is InChI=1S/C14H14N4O2/c19-11-7-9-5-6-10(8-11)17(9)14(20)18-13-4-2-1-3-12(13)15-16-18/h1-4,9-10H,5-8H2. The maximum Gasteiger partial charge on any atom is 0.347 e. The molecule has 0 saturated carbocycles. The minimum Gasteiger partial charge on any atom is -0.316 e. The molecule has 6 heteroatoms. The molecule has 2 bridgehead atoms. The van der Waals surface area contributed by atoms with Crippen LogP contribution in [0.25, 0.3) is 11.0 Å². The summed E-state index contributed by atoms with van der Waals surface area (Å²) in [6.07, 6.45) is 2.79. The Morgan fingerprint density at radius 2 is 1.85 bits per heavy atom. The summed E-state index contributed by atoms with van der Waals surface area (Å²) in [5.41, 5.74) is 1.43. The van der Waals surface area contributed by atoms with E-state index in [4.69, 9.17) is 0 Å². The number of piperidine rings is 1. The lowest BCUT2D eigenvalue weighted by Gasteiger charge is -2.33. The summed E-state index contributed by atoms with van der Waals surface area (Å²) in [7, 11) is 0. The fraction of sp³-hybridized carbons (Fsp3) is 0.429. The first kappa shape index (κ1) is 11.6. The quantitative estimate of drug-likeness (QED) is 0.729. The number of rotatable bonds is 0. The van der Waals surface area contributed by atoms with Gasteiger partial charge in [-0.15, -0.1) is 5.10 Å². The van der Waals surface area contributed by atoms with Crippen molar-refractivity contribution in [2.24, 2.45) is 0 Å². The first-order valence-corrected chi connectivity index (χ1v) is 6.89. The van der Waals surface area contributed by atoms with E-state index in [1.54, 1.807) is 0 Å². The molecule has 1 amide bonds. The second-order valence-electron chi connectivity index (χ2n) is 5.51. The van der Waals surface area contributed by atoms with E-state index in [0.717, 1.165) is 12.8 Å². The van der Waals surface area contributed by atoms with Crippen molar-refractivity contribution in [3.05, 3.63) is 24.3 Å². The fourth-order valence-corrected chi connectivity index (χ4v) is 3.40. The number of carbonyl (C=O) groups is 2. The second-order valence-corrected chi connectivity index (χ2v) is 5.51. The molecular weight excluding hydrogens is 256 g/mol. The summed E-state index contributed by atoms with van der Waals surface area (Å²) in [6, 6.07) is 7.33. The highest BCUT2D eigenvalue weighted by molar-refractivity contribution is 5.90. The van der Waals surface area contributed by atoms with Crippen molar-refractivity contribution in [2.45, 2.75) is 37.8 Å². The Balaban J connectivity index is 1.73. The predicted octanol–water partition coefficient (Wildman–Crippen LogP) is 1.60. The smallest absolute Gasteiger partial charge is 0.316 e. The summed E-state index contributed by atoms with van der Waals surface area (Å²) < 4.78 is 1.36. The van der Waals surface area contributed by atoms with Crippen LogP contribution in [0.2, 0.25) is 0 Å². The fourth-order valence-electron chi connectivity index (χ4n) is 3.40. The average Bonchev–Trinajstić information content (AvgIpc) is 2.98. The van der Waals surface area contributed by atoms with Crippen LogP contribution >= 0.6 is 0 Å². The van der Waals surface area contributed by atoms with Gasteiger partial charge in [-0.25, -0.2) is 4.79 Å². The number of Topliss-reactive ketones (excluding diaryl/α,β-unsaturated/α-hetero) is 1. The lowest BCUT2D eigenvalue weighted by Crippen LogP contribution is -2.48. The molecule has 4 rings (SSSR count). The van der Waals surface area contributed by atoms with Gasteiger partial charge in [0, 0.05) is 24.9 Å². The highest BCUT2D eigenvalue weighted by atomic mass is 16.2. The highest BCUT2D eigenvalue weighted by Gasteiger charge is 2.43. The minimum atomic E-state index is -0.154. The zero-order chi connectivity index (χ0) is 13.7. The van der Waals surface area contributed by atoms with Crippen molar-refractivity contribution in [1.82, 2.24) is 19.9 Å². The van der Waals surface area contributed by atoms with E-state index in [2.05, 4.69) is 10.3 Å². The lowest BCUT2D eigenvalue weighted by atomic mass is 10.0. The predicted molar refractivity (Wildman–Crippen MR) is 71.2 cm³/mol. The Labute approximate surface area is 115 Å². The number of nitrogens with zero attached hydrogens (tertiary/aromatic N) is 4. The van der Waals surface area contributed by atoms with Crippen LogP contribution in [0, 0.1) is 0 Å². The topological polar surface area (TPSA) is 68.1 Å². The van der Waals surface area contributed by atoms with E-state index >= 15 is 0 Å². The van der Waals surface area contributed by atoms with E-state index < -0.39 is 0 Å². The summed E-state index contributed by atoms with van der Waals surface area (Å²) >= 11 is 0. The Morgan fingerprint density at radius 3 is 2.60 bits per heavy atom. The molecule has 0 aliphatic carbocycles. The Hall–Kier alpha value is -2.24. The lowest BCUT2D eigenvalue weighted by molar-refractivity contribution is -0.122. The second kappa shape index (κ2) is 4.13. The number of aromatic nitrogens is 3. The van der Waals surface area contributed by atoms with E-state index in [1.807, 2.05) is 29.2 Å². The number of hydrogen-bond acceptors (Lipinski definition) is 4. The maximum atomic E-state index is 12.7. The molecule has 1 aromatic carbocycles. The molecule has 1 aromatic heterocycles. The Kier molecular flexibility index (Phi) is 2.39. The SMILES string of the molecule is O=C1CC2CCC(C1)N2C(=O)n1nnc2ccccc21. The molecule has 2 aliphatic rings. The summed E-state index contributed by atoms with van der Waals surface area (Å²) in [5, 5.41) is 8.00. The summed E-state index contributed by atoms with van der Waals surface area (Å²) in [6.45, 7) is 0. The van der Waals surface area contributed by atoms with Gasteiger partial charge in [-0.2, -0.15) is 4.68 Å². The summed E-state index contributed by atoms with van der Waals surface area (Å²) in [5.74, 6) is 0.269. The molecule has 2 aromatic rings. The van der Waals surface area contributed by atoms with Crippen molar-refractivity contribution in [3.63, 3.8) is 0 Å². The van der Waals surface area contributed by atoms with Crippen LogP contribution in [0.1, 0.15) is 25.7 Å². The molecule has 0 spiro atoms. The first-order valence-electron chi connectivity index (χ1n) is 6.89. The summed E-state index contributed by atoms with van der Waals surface area (Å²) in [4.78, 5) is 26.2. The van der Waals surface area contributed by atoms with Crippen LogP contribution in [0.15, 0.2) is 24.3 Å². The van der Waals surface area contributed by atoms with Crippen molar-refractivity contribution >= 4 is 22.8 Å². The van der Waals surface area contributed by atoms with Gasteiger partial charge in [0.25, 0.3) is 0 Å². The van der Waals surface area contributed by atoms with Gasteiger partial charge in [0.05, 0.1) is 5.52 Å². The molecular formula is C14H14N4O2. The van der Waals surface area contributed by atoms with Crippen LogP contribution in [0.5, 0.6) is 0 Å². The molecule has 0 N–H and O–H groups in total. The number of ketones is 1. The van der Waals surface area contributed by atoms with E-state index in [9.17, 15) is 9.59 Å². The van der Waals surface area contributed by atoms with Gasteiger partial charge < -0.3 is 4.90 Å². The van der Waals surface area contributed by atoms with Crippen molar-refractivity contribution in [1.29, 1.82) is 0 Å². The Morgan fingerprint density at radius 1 is 1.15 bits per heavy atom. The van der Waals surface area contributed by atoms with Gasteiger partial charge in [0.1, 0.15) is 11.3 Å². The third-order valence-electron chi connectivity index (χ3n) is 4.30. The van der Waals surface area contributed by atoms with Crippen LogP contribution < -0.4 is 0 Å². The van der Waals surface area contributed by atoms with Gasteiger partial charge in [0.2, 0.25) is 0 Å². The van der Waals surface area contributed by atoms with Crippen LogP contribution in [0.3, 0.4) is 0 Å². The van der Waals surface area contributed by atoms with Crippen LogP contribution in [-0.4, -0.2) is 43.8 Å². The normalized spacial score (nSPS) is 25.4. The number of amides is 1. The number of hydrogen-bond donors (Lipinski definition) is 0. The average molecular weight is 270 g/mol. The molecule has 20 heavy (non-hydrogen) atoms. The largest absolute Gasteiger partial charge is 0.347 e. The van der Waals surface area contributed by atoms with Crippen LogP contribution in [0.4, 0.5) is 4.79 Å². The number of para-hydroxylation sites is 1.